The van der Waals surface area contributed by atoms with E-state index in [-0.39, 0.29) is 11.4 Å². The molecular formula is C26H24IN3O4S. The van der Waals surface area contributed by atoms with Crippen LogP contribution in [0.4, 0.5) is 0 Å². The van der Waals surface area contributed by atoms with Crippen molar-refractivity contribution >= 4 is 57.3 Å². The smallest absolute Gasteiger partial charge is 0.283 e. The largest absolute Gasteiger partial charge is 0.493 e. The summed E-state index contributed by atoms with van der Waals surface area (Å²) >= 11 is 3.55. The van der Waals surface area contributed by atoms with E-state index < -0.39 is 5.91 Å². The number of amides is 1. The van der Waals surface area contributed by atoms with Crippen molar-refractivity contribution in [2.24, 2.45) is 4.99 Å². The van der Waals surface area contributed by atoms with Gasteiger partial charge >= 0.3 is 0 Å². The zero-order valence-electron chi connectivity index (χ0n) is 19.3. The second kappa shape index (κ2) is 11.1. The Bertz CT molecular complexity index is 1290. The van der Waals surface area contributed by atoms with Crippen LogP contribution in [0.15, 0.2) is 70.7 Å². The van der Waals surface area contributed by atoms with Gasteiger partial charge in [-0.25, -0.2) is 0 Å². The molecule has 4 rings (SSSR count). The second-order valence-electron chi connectivity index (χ2n) is 7.65. The summed E-state index contributed by atoms with van der Waals surface area (Å²) in [6.07, 6.45) is 6.05. The minimum Gasteiger partial charge on any atom is -0.493 e. The van der Waals surface area contributed by atoms with Gasteiger partial charge in [-0.3, -0.25) is 15.1 Å². The number of hydrogen-bond donors (Lipinski definition) is 1. The van der Waals surface area contributed by atoms with Gasteiger partial charge in [0.15, 0.2) is 16.7 Å². The highest BCUT2D eigenvalue weighted by atomic mass is 127. The Hall–Kier alpha value is -3.05. The number of ether oxygens (including phenoxy) is 3. The zero-order chi connectivity index (χ0) is 24.9. The van der Waals surface area contributed by atoms with Gasteiger partial charge < -0.3 is 14.2 Å². The van der Waals surface area contributed by atoms with Crippen molar-refractivity contribution in [3.63, 3.8) is 0 Å². The Morgan fingerprint density at radius 1 is 1.20 bits per heavy atom. The van der Waals surface area contributed by atoms with Gasteiger partial charge in [0.2, 0.25) is 0 Å². The van der Waals surface area contributed by atoms with E-state index in [0.717, 1.165) is 26.2 Å². The monoisotopic (exact) mass is 601 g/mol. The van der Waals surface area contributed by atoms with Gasteiger partial charge in [-0.1, -0.05) is 36.0 Å². The molecule has 2 aliphatic rings. The van der Waals surface area contributed by atoms with Crippen LogP contribution in [0.3, 0.4) is 0 Å². The number of allylic oxidation sites excluding steroid dienone is 2. The molecule has 1 N–H and O–H groups in total. The fraction of sp³-hybridized carbons (Fsp3) is 0.192. The first-order valence-electron chi connectivity index (χ1n) is 10.8. The van der Waals surface area contributed by atoms with Gasteiger partial charge in [0.1, 0.15) is 24.8 Å². The lowest BCUT2D eigenvalue weighted by Crippen LogP contribution is -2.35. The fourth-order valence-electron chi connectivity index (χ4n) is 3.60. The molecule has 0 spiro atoms. The molecule has 0 atom stereocenters. The SMILES string of the molecule is C=CCc1ccccc1OCCOc1c(I)cc(/C=C2\C(=N)N3C=C(C)SC3=NC2=O)cc1OC. The molecule has 0 saturated carbocycles. The molecule has 2 aliphatic heterocycles. The number of nitrogens with zero attached hydrogens (tertiary/aromatic N) is 2. The van der Waals surface area contributed by atoms with Crippen LogP contribution in [-0.2, 0) is 11.2 Å². The summed E-state index contributed by atoms with van der Waals surface area (Å²) in [7, 11) is 1.57. The molecule has 0 fully saturated rings. The fourth-order valence-corrected chi connectivity index (χ4v) is 5.19. The molecule has 0 aliphatic carbocycles. The predicted octanol–water partition coefficient (Wildman–Crippen LogP) is 5.65. The first kappa shape index (κ1) is 25.1. The van der Waals surface area contributed by atoms with Gasteiger partial charge in [0, 0.05) is 11.1 Å². The van der Waals surface area contributed by atoms with E-state index in [0.29, 0.717) is 35.4 Å². The molecule has 180 valence electrons. The molecule has 1 amide bonds. The summed E-state index contributed by atoms with van der Waals surface area (Å²) in [6.45, 7) is 6.40. The van der Waals surface area contributed by atoms with Crippen LogP contribution in [0, 0.1) is 8.98 Å². The lowest BCUT2D eigenvalue weighted by molar-refractivity contribution is -0.114. The highest BCUT2D eigenvalue weighted by molar-refractivity contribution is 14.1. The number of benzene rings is 2. The van der Waals surface area contributed by atoms with Crippen molar-refractivity contribution in [2.75, 3.05) is 20.3 Å². The number of methoxy groups -OCH3 is 1. The number of carbonyl (C=O) groups excluding carboxylic acids is 1. The maximum atomic E-state index is 12.6. The lowest BCUT2D eigenvalue weighted by Gasteiger charge is -2.22. The van der Waals surface area contributed by atoms with Crippen LogP contribution < -0.4 is 14.2 Å². The molecule has 2 aromatic rings. The Morgan fingerprint density at radius 3 is 2.74 bits per heavy atom. The highest BCUT2D eigenvalue weighted by Crippen LogP contribution is 2.36. The first-order chi connectivity index (χ1) is 16.9. The normalized spacial score (nSPS) is 16.1. The standard InChI is InChI=1S/C26H24IN3O4S/c1-4-7-18-8-5-6-9-21(18)33-10-11-34-23-20(27)13-17(14-22(23)32-3)12-19-24(28)30-15-16(2)35-26(30)29-25(19)31/h4-6,8-9,12-15,28H,1,7,10-11H2,2-3H3/b19-12+,28-24?. The minimum atomic E-state index is -0.431. The van der Waals surface area contributed by atoms with Crippen molar-refractivity contribution in [2.45, 2.75) is 13.3 Å². The van der Waals surface area contributed by atoms with Crippen LogP contribution in [0.1, 0.15) is 18.1 Å². The van der Waals surface area contributed by atoms with E-state index in [1.54, 1.807) is 24.2 Å². The Balaban J connectivity index is 1.48. The summed E-state index contributed by atoms with van der Waals surface area (Å²) in [5, 5.41) is 9.00. The average molecular weight is 601 g/mol. The highest BCUT2D eigenvalue weighted by Gasteiger charge is 2.32. The van der Waals surface area contributed by atoms with E-state index >= 15 is 0 Å². The number of para-hydroxylation sites is 1. The second-order valence-corrected chi connectivity index (χ2v) is 10.0. The number of fused-ring (bicyclic) bond motifs is 1. The van der Waals surface area contributed by atoms with Gasteiger partial charge in [-0.15, -0.1) is 6.58 Å². The summed E-state index contributed by atoms with van der Waals surface area (Å²) < 4.78 is 18.3. The molecule has 0 aromatic heterocycles. The van der Waals surface area contributed by atoms with Gasteiger partial charge in [0.25, 0.3) is 5.91 Å². The predicted molar refractivity (Wildman–Crippen MR) is 148 cm³/mol. The molecule has 0 saturated heterocycles. The number of carbonyl (C=O) groups is 1. The van der Waals surface area contributed by atoms with Gasteiger partial charge in [-0.05, 0) is 71.3 Å². The quantitative estimate of drug-likeness (QED) is 0.173. The van der Waals surface area contributed by atoms with Gasteiger partial charge in [0.05, 0.1) is 16.3 Å². The molecule has 2 aromatic carbocycles. The lowest BCUT2D eigenvalue weighted by atomic mass is 10.1. The van der Waals surface area contributed by atoms with Crippen LogP contribution in [0.5, 0.6) is 17.2 Å². The maximum absolute atomic E-state index is 12.6. The summed E-state index contributed by atoms with van der Waals surface area (Å²) in [5.41, 5.74) is 2.01. The average Bonchev–Trinajstić information content (AvgIpc) is 3.21. The van der Waals surface area contributed by atoms with Gasteiger partial charge in [-0.2, -0.15) is 4.99 Å². The molecule has 0 radical (unpaired) electrons. The molecule has 0 unspecified atom stereocenters. The van der Waals surface area contributed by atoms with Crippen molar-refractivity contribution in [1.29, 1.82) is 5.41 Å². The molecule has 35 heavy (non-hydrogen) atoms. The summed E-state index contributed by atoms with van der Waals surface area (Å²) in [6, 6.07) is 11.5. The third-order valence-electron chi connectivity index (χ3n) is 5.18. The number of hydrogen-bond acceptors (Lipinski definition) is 6. The van der Waals surface area contributed by atoms with E-state index in [4.69, 9.17) is 19.6 Å². The van der Waals surface area contributed by atoms with Crippen molar-refractivity contribution in [1.82, 2.24) is 4.90 Å². The first-order valence-corrected chi connectivity index (χ1v) is 12.7. The van der Waals surface area contributed by atoms with Crippen molar-refractivity contribution in [3.8, 4) is 17.2 Å². The minimum absolute atomic E-state index is 0.104. The summed E-state index contributed by atoms with van der Waals surface area (Å²) in [4.78, 5) is 19.3. The number of thioether (sulfide) groups is 1. The Labute approximate surface area is 222 Å². The molecule has 2 heterocycles. The summed E-state index contributed by atoms with van der Waals surface area (Å²) in [5.74, 6) is 1.61. The van der Waals surface area contributed by atoms with E-state index in [9.17, 15) is 4.79 Å². The molecule has 7 nitrogen and oxygen atoms in total. The third kappa shape index (κ3) is 5.62. The van der Waals surface area contributed by atoms with E-state index in [2.05, 4.69) is 34.2 Å². The number of rotatable bonds is 9. The van der Waals surface area contributed by atoms with Crippen LogP contribution in [0.25, 0.3) is 6.08 Å². The molecule has 9 heteroatoms. The third-order valence-corrected chi connectivity index (χ3v) is 6.88. The number of amidine groups is 2. The van der Waals surface area contributed by atoms with Crippen LogP contribution in [0.2, 0.25) is 0 Å². The van der Waals surface area contributed by atoms with Crippen LogP contribution in [-0.4, -0.2) is 42.1 Å². The Kier molecular flexibility index (Phi) is 7.97. The Morgan fingerprint density at radius 2 is 1.97 bits per heavy atom. The number of nitrogens with one attached hydrogen (secondary N) is 1. The maximum Gasteiger partial charge on any atom is 0.283 e. The van der Waals surface area contributed by atoms with E-state index in [1.165, 1.54) is 11.8 Å². The molecule has 0 bridgehead atoms. The number of halogens is 1. The van der Waals surface area contributed by atoms with Crippen molar-refractivity contribution in [3.05, 3.63) is 80.4 Å². The van der Waals surface area contributed by atoms with Crippen LogP contribution >= 0.6 is 34.4 Å². The van der Waals surface area contributed by atoms with E-state index in [1.807, 2.05) is 49.5 Å². The molecular weight excluding hydrogens is 577 g/mol. The zero-order valence-corrected chi connectivity index (χ0v) is 22.3. The topological polar surface area (TPSA) is 84.2 Å². The van der Waals surface area contributed by atoms with Crippen molar-refractivity contribution < 1.29 is 19.0 Å². The number of aliphatic imine (C=N–C) groups is 1.